The van der Waals surface area contributed by atoms with Crippen molar-refractivity contribution in [3.05, 3.63) is 35.5 Å². The Kier molecular flexibility index (Phi) is 3.74. The van der Waals surface area contributed by atoms with Crippen molar-refractivity contribution in [2.45, 2.75) is 25.7 Å². The van der Waals surface area contributed by atoms with Crippen molar-refractivity contribution in [1.82, 2.24) is 0 Å². The number of allylic oxidation sites excluding steroid dienone is 6. The van der Waals surface area contributed by atoms with Crippen LogP contribution in [0.3, 0.4) is 0 Å². The Labute approximate surface area is 94.3 Å². The van der Waals surface area contributed by atoms with Gasteiger partial charge < -0.3 is 0 Å². The molecule has 0 spiro atoms. The quantitative estimate of drug-likeness (QED) is 0.440. The number of alkyl halides is 6. The van der Waals surface area contributed by atoms with E-state index in [1.807, 2.05) is 0 Å². The van der Waals surface area contributed by atoms with Gasteiger partial charge in [0.25, 0.3) is 0 Å². The van der Waals surface area contributed by atoms with Crippen LogP contribution in [0.2, 0.25) is 0 Å². The van der Waals surface area contributed by atoms with Crippen molar-refractivity contribution >= 4 is 0 Å². The summed E-state index contributed by atoms with van der Waals surface area (Å²) in [6, 6.07) is 0. The van der Waals surface area contributed by atoms with Gasteiger partial charge in [0.1, 0.15) is 0 Å². The molecule has 1 unspecified atom stereocenters. The van der Waals surface area contributed by atoms with E-state index in [9.17, 15) is 26.3 Å². The van der Waals surface area contributed by atoms with Crippen molar-refractivity contribution < 1.29 is 26.3 Å². The SMILES string of the molecule is C/C1=C/C/C(C(F)(F)F)=C\C(C(F)(F)F)C=C1. The van der Waals surface area contributed by atoms with Crippen molar-refractivity contribution in [2.24, 2.45) is 5.92 Å². The first-order valence-corrected chi connectivity index (χ1v) is 4.80. The Bertz CT molecular complexity index is 366. The Morgan fingerprint density at radius 3 is 2.18 bits per heavy atom. The van der Waals surface area contributed by atoms with Gasteiger partial charge in [-0.15, -0.1) is 0 Å². The molecule has 0 saturated heterocycles. The molecule has 6 heteroatoms. The minimum Gasteiger partial charge on any atom is -0.170 e. The fourth-order valence-corrected chi connectivity index (χ4v) is 1.35. The Hall–Kier alpha value is -1.20. The van der Waals surface area contributed by atoms with E-state index in [4.69, 9.17) is 0 Å². The zero-order chi connectivity index (χ0) is 13.3. The molecule has 0 aliphatic heterocycles. The van der Waals surface area contributed by atoms with Crippen LogP contribution in [0.5, 0.6) is 0 Å². The first kappa shape index (κ1) is 13.9. The lowest BCUT2D eigenvalue weighted by Crippen LogP contribution is -2.22. The minimum atomic E-state index is -4.73. The van der Waals surface area contributed by atoms with Gasteiger partial charge in [0, 0.05) is 5.57 Å². The average Bonchev–Trinajstić information content (AvgIpc) is 2.07. The fourth-order valence-electron chi connectivity index (χ4n) is 1.35. The maximum Gasteiger partial charge on any atom is 0.412 e. The minimum absolute atomic E-state index is 0.236. The van der Waals surface area contributed by atoms with Gasteiger partial charge >= 0.3 is 12.4 Å². The smallest absolute Gasteiger partial charge is 0.170 e. The second-order valence-corrected chi connectivity index (χ2v) is 3.77. The monoisotopic (exact) mass is 256 g/mol. The topological polar surface area (TPSA) is 0 Å². The summed E-state index contributed by atoms with van der Waals surface area (Å²) in [5.41, 5.74) is -0.780. The summed E-state index contributed by atoms with van der Waals surface area (Å²) in [4.78, 5) is 0. The van der Waals surface area contributed by atoms with Crippen molar-refractivity contribution in [2.75, 3.05) is 0 Å². The number of rotatable bonds is 0. The Morgan fingerprint density at radius 2 is 1.71 bits per heavy atom. The molecule has 0 aromatic rings. The van der Waals surface area contributed by atoms with E-state index in [1.165, 1.54) is 19.1 Å². The predicted molar refractivity (Wildman–Crippen MR) is 51.2 cm³/mol. The van der Waals surface area contributed by atoms with Crippen LogP contribution < -0.4 is 0 Å². The van der Waals surface area contributed by atoms with Crippen molar-refractivity contribution in [3.63, 3.8) is 0 Å². The molecule has 0 aromatic carbocycles. The van der Waals surface area contributed by atoms with Crippen LogP contribution >= 0.6 is 0 Å². The average molecular weight is 256 g/mol. The largest absolute Gasteiger partial charge is 0.412 e. The normalized spacial score (nSPS) is 28.8. The molecule has 0 N–H and O–H groups in total. The summed E-state index contributed by atoms with van der Waals surface area (Å²) in [6.45, 7) is 1.46. The molecule has 0 nitrogen and oxygen atoms in total. The molecule has 96 valence electrons. The molecule has 17 heavy (non-hydrogen) atoms. The number of halogens is 6. The first-order chi connectivity index (χ1) is 7.60. The molecular formula is C11H10F6. The third kappa shape index (κ3) is 3.94. The summed E-state index contributed by atoms with van der Waals surface area (Å²) < 4.78 is 74.7. The Balaban J connectivity index is 3.17. The van der Waals surface area contributed by atoms with E-state index in [2.05, 4.69) is 0 Å². The van der Waals surface area contributed by atoms with Crippen LogP contribution in [0.15, 0.2) is 35.5 Å². The van der Waals surface area contributed by atoms with Gasteiger partial charge in [-0.2, -0.15) is 26.3 Å². The highest BCUT2D eigenvalue weighted by Crippen LogP contribution is 2.36. The molecule has 0 radical (unpaired) electrons. The van der Waals surface area contributed by atoms with E-state index in [0.717, 1.165) is 6.08 Å². The Morgan fingerprint density at radius 1 is 1.12 bits per heavy atom. The van der Waals surface area contributed by atoms with E-state index in [1.54, 1.807) is 0 Å². The standard InChI is InChI=1S/C11H10F6/c1-7-2-4-8(10(12,13)14)6-9(5-3-7)11(15,16)17/h2-4,6,8H,5H2,1H3/b4-2?,7-3-,9-6+. The molecule has 0 aromatic heterocycles. The highest BCUT2D eigenvalue weighted by molar-refractivity contribution is 5.28. The van der Waals surface area contributed by atoms with E-state index in [-0.39, 0.29) is 6.08 Å². The van der Waals surface area contributed by atoms with Gasteiger partial charge in [-0.25, -0.2) is 0 Å². The van der Waals surface area contributed by atoms with Gasteiger partial charge in [0.15, 0.2) is 0 Å². The number of hydrogen-bond acceptors (Lipinski definition) is 0. The molecule has 0 fully saturated rings. The molecule has 1 aliphatic rings. The lowest BCUT2D eigenvalue weighted by atomic mass is 9.97. The summed E-state index contributed by atoms with van der Waals surface area (Å²) in [5, 5.41) is 0. The van der Waals surface area contributed by atoms with Gasteiger partial charge in [0.05, 0.1) is 5.92 Å². The lowest BCUT2D eigenvalue weighted by Gasteiger charge is -2.18. The third-order valence-electron chi connectivity index (χ3n) is 2.33. The van der Waals surface area contributed by atoms with Gasteiger partial charge in [-0.1, -0.05) is 29.9 Å². The molecule has 0 amide bonds. The van der Waals surface area contributed by atoms with Gasteiger partial charge in [0.2, 0.25) is 0 Å². The maximum atomic E-state index is 12.5. The summed E-state index contributed by atoms with van der Waals surface area (Å²) in [7, 11) is 0. The van der Waals surface area contributed by atoms with Crippen LogP contribution in [-0.4, -0.2) is 12.4 Å². The molecule has 1 atom stereocenters. The summed E-state index contributed by atoms with van der Waals surface area (Å²) >= 11 is 0. The van der Waals surface area contributed by atoms with Crippen LogP contribution in [0.4, 0.5) is 26.3 Å². The second-order valence-electron chi connectivity index (χ2n) is 3.77. The van der Waals surface area contributed by atoms with Gasteiger partial charge in [-0.3, -0.25) is 0 Å². The van der Waals surface area contributed by atoms with Crippen molar-refractivity contribution in [1.29, 1.82) is 0 Å². The van der Waals surface area contributed by atoms with Crippen molar-refractivity contribution in [3.8, 4) is 0 Å². The molecule has 0 saturated carbocycles. The van der Waals surface area contributed by atoms with E-state index >= 15 is 0 Å². The zero-order valence-corrected chi connectivity index (χ0v) is 8.86. The zero-order valence-electron chi connectivity index (χ0n) is 8.86. The van der Waals surface area contributed by atoms with E-state index in [0.29, 0.717) is 5.57 Å². The highest BCUT2D eigenvalue weighted by Gasteiger charge is 2.40. The third-order valence-corrected chi connectivity index (χ3v) is 2.33. The molecule has 1 aliphatic carbocycles. The fraction of sp³-hybridized carbons (Fsp3) is 0.455. The lowest BCUT2D eigenvalue weighted by molar-refractivity contribution is -0.150. The van der Waals surface area contributed by atoms with Crippen LogP contribution in [0.25, 0.3) is 0 Å². The first-order valence-electron chi connectivity index (χ1n) is 4.80. The molecule has 0 bridgehead atoms. The number of hydrogen-bond donors (Lipinski definition) is 0. The molecular weight excluding hydrogens is 246 g/mol. The molecule has 1 rings (SSSR count). The van der Waals surface area contributed by atoms with Crippen LogP contribution in [0, 0.1) is 5.92 Å². The van der Waals surface area contributed by atoms with E-state index < -0.39 is 30.3 Å². The summed E-state index contributed by atoms with van der Waals surface area (Å²) in [6.07, 6.45) is -6.57. The second kappa shape index (κ2) is 4.58. The van der Waals surface area contributed by atoms with Crippen LogP contribution in [0.1, 0.15) is 13.3 Å². The molecule has 0 heterocycles. The summed E-state index contributed by atoms with van der Waals surface area (Å²) in [5.74, 6) is -2.19. The highest BCUT2D eigenvalue weighted by atomic mass is 19.4. The van der Waals surface area contributed by atoms with Gasteiger partial charge in [-0.05, 0) is 13.3 Å². The van der Waals surface area contributed by atoms with Crippen LogP contribution in [-0.2, 0) is 0 Å². The predicted octanol–water partition coefficient (Wildman–Crippen LogP) is 4.56. The maximum absolute atomic E-state index is 12.5.